The molecule has 0 aliphatic heterocycles. The van der Waals surface area contributed by atoms with Crippen molar-refractivity contribution in [1.82, 2.24) is 5.32 Å². The molecule has 2 atom stereocenters. The number of benzene rings is 4. The van der Waals surface area contributed by atoms with Gasteiger partial charge in [0.1, 0.15) is 24.7 Å². The van der Waals surface area contributed by atoms with E-state index in [0.717, 1.165) is 39.1 Å². The maximum atomic E-state index is 12.4. The molecular formula is C33H35NO5. The average molecular weight is 526 g/mol. The van der Waals surface area contributed by atoms with Crippen LogP contribution < -0.4 is 10.1 Å². The van der Waals surface area contributed by atoms with Crippen LogP contribution in [0.25, 0.3) is 11.1 Å². The minimum Gasteiger partial charge on any atom is -0.508 e. The molecule has 202 valence electrons. The van der Waals surface area contributed by atoms with Gasteiger partial charge in [-0.3, -0.25) is 0 Å². The molecule has 0 aliphatic rings. The molecule has 0 spiro atoms. The van der Waals surface area contributed by atoms with Crippen molar-refractivity contribution in [2.24, 2.45) is 0 Å². The Morgan fingerprint density at radius 1 is 0.872 bits per heavy atom. The Balaban J connectivity index is 1.30. The van der Waals surface area contributed by atoms with Crippen molar-refractivity contribution >= 4 is 5.97 Å². The standard InChI is InChI=1S/C33H35NO5/c1-22-19-29(26-9-11-28(12-10-26)33(37)39-21-25-7-5-4-6-8-25)20-23(2)32(22)38-18-17-34-24(3)31(36)27-13-15-30(35)16-14-27/h4-16,19-20,24,31,34-36H,17-18,21H2,1-3H3/t24-,31-/m0/s1. The Bertz CT molecular complexity index is 1340. The molecule has 0 amide bonds. The molecule has 0 fully saturated rings. The molecule has 0 aromatic heterocycles. The van der Waals surface area contributed by atoms with Gasteiger partial charge in [0.25, 0.3) is 0 Å². The molecule has 0 heterocycles. The van der Waals surface area contributed by atoms with E-state index >= 15 is 0 Å². The number of aromatic hydroxyl groups is 1. The minimum absolute atomic E-state index is 0.174. The summed E-state index contributed by atoms with van der Waals surface area (Å²) in [6.07, 6.45) is -0.689. The number of hydrogen-bond donors (Lipinski definition) is 3. The number of carbonyl (C=O) groups is 1. The van der Waals surface area contributed by atoms with E-state index in [1.165, 1.54) is 0 Å². The summed E-state index contributed by atoms with van der Waals surface area (Å²) in [5.41, 5.74) is 6.31. The number of carbonyl (C=O) groups excluding carboxylic acids is 1. The van der Waals surface area contributed by atoms with Gasteiger partial charge in [-0.05, 0) is 90.6 Å². The lowest BCUT2D eigenvalue weighted by molar-refractivity contribution is 0.0472. The lowest BCUT2D eigenvalue weighted by Crippen LogP contribution is -2.35. The number of hydrogen-bond acceptors (Lipinski definition) is 6. The van der Waals surface area contributed by atoms with Gasteiger partial charge in [-0.2, -0.15) is 0 Å². The highest BCUT2D eigenvalue weighted by Gasteiger charge is 2.16. The molecule has 6 nitrogen and oxygen atoms in total. The van der Waals surface area contributed by atoms with Crippen molar-refractivity contribution in [3.05, 3.63) is 119 Å². The first-order valence-corrected chi connectivity index (χ1v) is 13.1. The van der Waals surface area contributed by atoms with E-state index < -0.39 is 6.10 Å². The van der Waals surface area contributed by atoms with Crippen LogP contribution in [0.1, 0.15) is 45.6 Å². The zero-order valence-electron chi connectivity index (χ0n) is 22.6. The molecule has 0 saturated heterocycles. The molecule has 3 N–H and O–H groups in total. The molecule has 39 heavy (non-hydrogen) atoms. The van der Waals surface area contributed by atoms with Crippen LogP contribution >= 0.6 is 0 Å². The monoisotopic (exact) mass is 525 g/mol. The topological polar surface area (TPSA) is 88.0 Å². The van der Waals surface area contributed by atoms with Gasteiger partial charge in [0.15, 0.2) is 0 Å². The second-order valence-corrected chi connectivity index (χ2v) is 9.71. The van der Waals surface area contributed by atoms with Crippen LogP contribution in [-0.2, 0) is 11.3 Å². The van der Waals surface area contributed by atoms with E-state index in [1.807, 2.05) is 63.2 Å². The minimum atomic E-state index is -0.689. The van der Waals surface area contributed by atoms with Gasteiger partial charge < -0.3 is 25.0 Å². The van der Waals surface area contributed by atoms with Crippen LogP contribution in [0.5, 0.6) is 11.5 Å². The zero-order chi connectivity index (χ0) is 27.8. The lowest BCUT2D eigenvalue weighted by Gasteiger charge is -2.21. The second-order valence-electron chi connectivity index (χ2n) is 9.71. The fourth-order valence-electron chi connectivity index (χ4n) is 4.46. The van der Waals surface area contributed by atoms with Gasteiger partial charge in [-0.15, -0.1) is 0 Å². The van der Waals surface area contributed by atoms with Crippen molar-refractivity contribution < 1.29 is 24.5 Å². The number of aliphatic hydroxyl groups excluding tert-OH is 1. The average Bonchev–Trinajstić information content (AvgIpc) is 2.95. The molecule has 4 aromatic carbocycles. The van der Waals surface area contributed by atoms with E-state index in [4.69, 9.17) is 9.47 Å². The maximum Gasteiger partial charge on any atom is 0.338 e. The highest BCUT2D eigenvalue weighted by Crippen LogP contribution is 2.30. The fourth-order valence-corrected chi connectivity index (χ4v) is 4.46. The quantitative estimate of drug-likeness (QED) is 0.161. The Morgan fingerprint density at radius 2 is 1.51 bits per heavy atom. The summed E-state index contributed by atoms with van der Waals surface area (Å²) < 4.78 is 11.5. The summed E-state index contributed by atoms with van der Waals surface area (Å²) in [5, 5.41) is 23.3. The van der Waals surface area contributed by atoms with Crippen LogP contribution in [0.3, 0.4) is 0 Å². The predicted molar refractivity (Wildman–Crippen MR) is 153 cm³/mol. The SMILES string of the molecule is Cc1cc(-c2ccc(C(=O)OCc3ccccc3)cc2)cc(C)c1OCCN[C@@H](C)[C@H](O)c1ccc(O)cc1. The Kier molecular flexibility index (Phi) is 9.36. The predicted octanol–water partition coefficient (Wildman–Crippen LogP) is 6.12. The molecule has 0 unspecified atom stereocenters. The first-order chi connectivity index (χ1) is 18.8. The van der Waals surface area contributed by atoms with Gasteiger partial charge in [0.2, 0.25) is 0 Å². The Hall–Kier alpha value is -4.13. The number of nitrogens with one attached hydrogen (secondary N) is 1. The van der Waals surface area contributed by atoms with Gasteiger partial charge in [-0.1, -0.05) is 54.6 Å². The molecule has 4 aromatic rings. The third kappa shape index (κ3) is 7.47. The first-order valence-electron chi connectivity index (χ1n) is 13.1. The summed E-state index contributed by atoms with van der Waals surface area (Å²) in [6.45, 7) is 7.22. The maximum absolute atomic E-state index is 12.4. The van der Waals surface area contributed by atoms with Crippen LogP contribution in [0.15, 0.2) is 91.0 Å². The largest absolute Gasteiger partial charge is 0.508 e. The zero-order valence-corrected chi connectivity index (χ0v) is 22.6. The summed E-state index contributed by atoms with van der Waals surface area (Å²) >= 11 is 0. The highest BCUT2D eigenvalue weighted by molar-refractivity contribution is 5.90. The summed E-state index contributed by atoms with van der Waals surface area (Å²) in [7, 11) is 0. The van der Waals surface area contributed by atoms with E-state index in [-0.39, 0.29) is 24.4 Å². The Morgan fingerprint density at radius 3 is 2.15 bits per heavy atom. The van der Waals surface area contributed by atoms with Crippen LogP contribution in [0, 0.1) is 13.8 Å². The number of esters is 1. The molecule has 0 bridgehead atoms. The van der Waals surface area contributed by atoms with Gasteiger partial charge in [-0.25, -0.2) is 4.79 Å². The number of ether oxygens (including phenoxy) is 2. The van der Waals surface area contributed by atoms with Crippen molar-refractivity contribution in [3.8, 4) is 22.6 Å². The second kappa shape index (κ2) is 13.1. The Labute approximate surface area is 229 Å². The summed E-state index contributed by atoms with van der Waals surface area (Å²) in [5.74, 6) is 0.668. The summed E-state index contributed by atoms with van der Waals surface area (Å²) in [4.78, 5) is 12.4. The van der Waals surface area contributed by atoms with Crippen molar-refractivity contribution in [3.63, 3.8) is 0 Å². The summed E-state index contributed by atoms with van der Waals surface area (Å²) in [6, 6.07) is 27.6. The first kappa shape index (κ1) is 27.9. The normalized spacial score (nSPS) is 12.5. The third-order valence-corrected chi connectivity index (χ3v) is 6.65. The van der Waals surface area contributed by atoms with Crippen LogP contribution in [0.2, 0.25) is 0 Å². The fraction of sp³-hybridized carbons (Fsp3) is 0.242. The van der Waals surface area contributed by atoms with Gasteiger partial charge >= 0.3 is 5.97 Å². The lowest BCUT2D eigenvalue weighted by atomic mass is 9.99. The van der Waals surface area contributed by atoms with Crippen LogP contribution in [0.4, 0.5) is 0 Å². The van der Waals surface area contributed by atoms with E-state index in [2.05, 4.69) is 17.4 Å². The smallest absolute Gasteiger partial charge is 0.338 e. The third-order valence-electron chi connectivity index (χ3n) is 6.65. The number of aryl methyl sites for hydroxylation is 2. The molecule has 0 saturated carbocycles. The molecular weight excluding hydrogens is 490 g/mol. The molecule has 4 rings (SSSR count). The molecule has 0 aliphatic carbocycles. The number of aliphatic hydroxyl groups is 1. The number of rotatable bonds is 11. The van der Waals surface area contributed by atoms with Gasteiger partial charge in [0, 0.05) is 12.6 Å². The number of phenolic OH excluding ortho intramolecular Hbond substituents is 1. The van der Waals surface area contributed by atoms with E-state index in [9.17, 15) is 15.0 Å². The van der Waals surface area contributed by atoms with Crippen molar-refractivity contribution in [1.29, 1.82) is 0 Å². The van der Waals surface area contributed by atoms with Crippen molar-refractivity contribution in [2.45, 2.75) is 39.5 Å². The highest BCUT2D eigenvalue weighted by atomic mass is 16.5. The van der Waals surface area contributed by atoms with E-state index in [1.54, 1.807) is 36.4 Å². The van der Waals surface area contributed by atoms with Crippen LogP contribution in [-0.4, -0.2) is 35.4 Å². The number of phenols is 1. The molecule has 0 radical (unpaired) electrons. The van der Waals surface area contributed by atoms with Crippen molar-refractivity contribution in [2.75, 3.05) is 13.2 Å². The molecule has 6 heteroatoms. The van der Waals surface area contributed by atoms with Gasteiger partial charge in [0.05, 0.1) is 11.7 Å². The van der Waals surface area contributed by atoms with E-state index in [0.29, 0.717) is 18.7 Å².